The predicted molar refractivity (Wildman–Crippen MR) is 128 cm³/mol. The average Bonchev–Trinajstić information content (AvgIpc) is 3.24. The number of benzene rings is 2. The number of carboxylic acids is 1. The van der Waals surface area contributed by atoms with Gasteiger partial charge in [0, 0.05) is 36.6 Å². The summed E-state index contributed by atoms with van der Waals surface area (Å²) in [5.41, 5.74) is 4.43. The van der Waals surface area contributed by atoms with Crippen molar-refractivity contribution >= 4 is 23.1 Å². The van der Waals surface area contributed by atoms with Gasteiger partial charge in [-0.25, -0.2) is 14.2 Å². The molecule has 0 unspecified atom stereocenters. The molecule has 1 aliphatic rings. The van der Waals surface area contributed by atoms with Gasteiger partial charge < -0.3 is 15.3 Å². The summed E-state index contributed by atoms with van der Waals surface area (Å²) in [6.45, 7) is 5.08. The van der Waals surface area contributed by atoms with Gasteiger partial charge in [0.25, 0.3) is 5.56 Å². The fourth-order valence-corrected chi connectivity index (χ4v) is 4.46. The van der Waals surface area contributed by atoms with Gasteiger partial charge in [0.2, 0.25) is 0 Å². The molecule has 5 rings (SSSR count). The van der Waals surface area contributed by atoms with Crippen molar-refractivity contribution in [2.75, 3.05) is 10.2 Å². The molecule has 1 aliphatic heterocycles. The van der Waals surface area contributed by atoms with E-state index < -0.39 is 17.8 Å². The van der Waals surface area contributed by atoms with Gasteiger partial charge >= 0.3 is 5.97 Å². The SMILES string of the molecule is Cc1cc([C@@H](C)Nc2ccc(F)cc2C(=O)O)c2nc(N3Cc4ccccc4C3)cc(=O)n2c1. The van der Waals surface area contributed by atoms with Gasteiger partial charge in [0.05, 0.1) is 11.6 Å². The molecular weight excluding hydrogens is 435 g/mol. The number of pyridine rings is 1. The van der Waals surface area contributed by atoms with Crippen LogP contribution in [0.4, 0.5) is 15.9 Å². The monoisotopic (exact) mass is 458 g/mol. The molecule has 0 fully saturated rings. The highest BCUT2D eigenvalue weighted by molar-refractivity contribution is 5.94. The minimum Gasteiger partial charge on any atom is -0.478 e. The zero-order valence-corrected chi connectivity index (χ0v) is 18.7. The molecule has 0 radical (unpaired) electrons. The quantitative estimate of drug-likeness (QED) is 0.457. The number of anilines is 2. The van der Waals surface area contributed by atoms with E-state index in [1.54, 1.807) is 12.3 Å². The maximum absolute atomic E-state index is 13.6. The van der Waals surface area contributed by atoms with Crippen molar-refractivity contribution in [1.82, 2.24) is 9.38 Å². The first-order chi connectivity index (χ1) is 16.3. The third kappa shape index (κ3) is 3.87. The summed E-state index contributed by atoms with van der Waals surface area (Å²) in [4.78, 5) is 31.6. The Labute approximate surface area is 195 Å². The number of nitrogens with zero attached hydrogens (tertiary/aromatic N) is 3. The zero-order valence-electron chi connectivity index (χ0n) is 18.7. The molecular formula is C26H23FN4O3. The number of fused-ring (bicyclic) bond motifs is 2. The topological polar surface area (TPSA) is 86.9 Å². The molecule has 0 aliphatic carbocycles. The number of halogens is 1. The van der Waals surface area contributed by atoms with Crippen LogP contribution in [0.5, 0.6) is 0 Å². The molecule has 4 aromatic rings. The molecule has 2 aromatic carbocycles. The van der Waals surface area contributed by atoms with Crippen molar-refractivity contribution in [3.63, 3.8) is 0 Å². The third-order valence-electron chi connectivity index (χ3n) is 6.13. The van der Waals surface area contributed by atoms with Gasteiger partial charge in [-0.15, -0.1) is 0 Å². The van der Waals surface area contributed by atoms with E-state index in [4.69, 9.17) is 4.98 Å². The van der Waals surface area contributed by atoms with E-state index in [2.05, 4.69) is 22.3 Å². The van der Waals surface area contributed by atoms with E-state index >= 15 is 0 Å². The van der Waals surface area contributed by atoms with Crippen LogP contribution >= 0.6 is 0 Å². The smallest absolute Gasteiger partial charge is 0.337 e. The standard InChI is InChI=1S/C26H23FN4O3/c1-15-9-20(16(2)28-22-8-7-19(27)10-21(22)26(33)34)25-29-23(11-24(32)31(25)12-15)30-13-17-5-3-4-6-18(17)14-30/h3-12,16,28H,13-14H2,1-2H3,(H,33,34)/t16-/m1/s1. The van der Waals surface area contributed by atoms with Crippen LogP contribution in [-0.4, -0.2) is 20.5 Å². The van der Waals surface area contributed by atoms with E-state index in [9.17, 15) is 19.1 Å². The van der Waals surface area contributed by atoms with Gasteiger partial charge in [0.15, 0.2) is 0 Å². The molecule has 0 saturated heterocycles. The van der Waals surface area contributed by atoms with Crippen LogP contribution < -0.4 is 15.8 Å². The van der Waals surface area contributed by atoms with Gasteiger partial charge in [-0.2, -0.15) is 0 Å². The lowest BCUT2D eigenvalue weighted by Gasteiger charge is -2.21. The Balaban J connectivity index is 1.56. The first kappa shape index (κ1) is 21.6. The summed E-state index contributed by atoms with van der Waals surface area (Å²) < 4.78 is 15.1. The Kier molecular flexibility index (Phi) is 5.28. The maximum Gasteiger partial charge on any atom is 0.337 e. The second-order valence-electron chi connectivity index (χ2n) is 8.60. The second kappa shape index (κ2) is 8.30. The number of carboxylic acid groups (broad SMARTS) is 1. The number of hydrogen-bond donors (Lipinski definition) is 2. The molecule has 2 N–H and O–H groups in total. The van der Waals surface area contributed by atoms with E-state index in [1.807, 2.05) is 32.0 Å². The Morgan fingerprint density at radius 2 is 1.82 bits per heavy atom. The van der Waals surface area contributed by atoms with Gasteiger partial charge in [0.1, 0.15) is 17.3 Å². The van der Waals surface area contributed by atoms with Crippen molar-refractivity contribution in [2.24, 2.45) is 0 Å². The number of aromatic nitrogens is 2. The zero-order chi connectivity index (χ0) is 24.0. The molecule has 2 aromatic heterocycles. The minimum absolute atomic E-state index is 0.163. The minimum atomic E-state index is -1.23. The van der Waals surface area contributed by atoms with Crippen molar-refractivity contribution in [3.8, 4) is 0 Å². The van der Waals surface area contributed by atoms with Crippen LogP contribution in [0, 0.1) is 12.7 Å². The van der Waals surface area contributed by atoms with Crippen LogP contribution in [0.25, 0.3) is 5.65 Å². The van der Waals surface area contributed by atoms with Gasteiger partial charge in [-0.05, 0) is 54.8 Å². The van der Waals surface area contributed by atoms with Crippen molar-refractivity contribution in [2.45, 2.75) is 33.0 Å². The van der Waals surface area contributed by atoms with Gasteiger partial charge in [-0.3, -0.25) is 9.20 Å². The Morgan fingerprint density at radius 3 is 2.50 bits per heavy atom. The average molecular weight is 458 g/mol. The second-order valence-corrected chi connectivity index (χ2v) is 8.60. The molecule has 0 saturated carbocycles. The molecule has 172 valence electrons. The summed E-state index contributed by atoms with van der Waals surface area (Å²) in [5, 5.41) is 12.6. The summed E-state index contributed by atoms with van der Waals surface area (Å²) in [6.07, 6.45) is 1.74. The molecule has 34 heavy (non-hydrogen) atoms. The number of nitrogens with one attached hydrogen (secondary N) is 1. The van der Waals surface area contributed by atoms with Gasteiger partial charge in [-0.1, -0.05) is 24.3 Å². The molecule has 0 amide bonds. The fourth-order valence-electron chi connectivity index (χ4n) is 4.46. The lowest BCUT2D eigenvalue weighted by Crippen LogP contribution is -2.23. The Hall–Kier alpha value is -4.20. The molecule has 7 nitrogen and oxygen atoms in total. The number of carbonyl (C=O) groups is 1. The first-order valence-corrected chi connectivity index (χ1v) is 11.0. The van der Waals surface area contributed by atoms with Crippen LogP contribution in [0.15, 0.2) is 65.6 Å². The molecule has 0 bridgehead atoms. The predicted octanol–water partition coefficient (Wildman–Crippen LogP) is 4.53. The molecule has 0 spiro atoms. The number of rotatable bonds is 5. The highest BCUT2D eigenvalue weighted by Crippen LogP contribution is 2.29. The van der Waals surface area contributed by atoms with Crippen molar-refractivity contribution in [1.29, 1.82) is 0 Å². The summed E-state index contributed by atoms with van der Waals surface area (Å²) in [6, 6.07) is 14.8. The first-order valence-electron chi connectivity index (χ1n) is 11.0. The normalized spacial score (nSPS) is 13.7. The highest BCUT2D eigenvalue weighted by Gasteiger charge is 2.22. The van der Waals surface area contributed by atoms with Crippen LogP contribution in [0.2, 0.25) is 0 Å². The largest absolute Gasteiger partial charge is 0.478 e. The fraction of sp³-hybridized carbons (Fsp3) is 0.192. The summed E-state index contributed by atoms with van der Waals surface area (Å²) in [7, 11) is 0. The summed E-state index contributed by atoms with van der Waals surface area (Å²) >= 11 is 0. The maximum atomic E-state index is 13.6. The third-order valence-corrected chi connectivity index (χ3v) is 6.13. The molecule has 3 heterocycles. The van der Waals surface area contributed by atoms with Crippen LogP contribution in [0.1, 0.15) is 45.6 Å². The lowest BCUT2D eigenvalue weighted by molar-refractivity contribution is 0.0697. The van der Waals surface area contributed by atoms with E-state index in [1.165, 1.54) is 27.7 Å². The van der Waals surface area contributed by atoms with E-state index in [0.717, 1.165) is 17.2 Å². The van der Waals surface area contributed by atoms with Crippen molar-refractivity contribution < 1.29 is 14.3 Å². The molecule has 8 heteroatoms. The number of aryl methyl sites for hydroxylation is 1. The Bertz CT molecular complexity index is 1470. The van der Waals surface area contributed by atoms with Crippen LogP contribution in [-0.2, 0) is 13.1 Å². The lowest BCUT2D eigenvalue weighted by atomic mass is 10.1. The highest BCUT2D eigenvalue weighted by atomic mass is 19.1. The van der Waals surface area contributed by atoms with E-state index in [-0.39, 0.29) is 16.8 Å². The Morgan fingerprint density at radius 1 is 1.12 bits per heavy atom. The molecule has 1 atom stereocenters. The number of aromatic carboxylic acids is 1. The summed E-state index contributed by atoms with van der Waals surface area (Å²) in [5.74, 6) is -1.26. The van der Waals surface area contributed by atoms with E-state index in [0.29, 0.717) is 24.6 Å². The van der Waals surface area contributed by atoms with Crippen molar-refractivity contribution in [3.05, 3.63) is 105 Å². The number of hydrogen-bond acceptors (Lipinski definition) is 5. The van der Waals surface area contributed by atoms with Crippen LogP contribution in [0.3, 0.4) is 0 Å².